The maximum absolute atomic E-state index is 5.81. The van der Waals surface area contributed by atoms with E-state index in [9.17, 15) is 0 Å². The molecule has 0 saturated heterocycles. The zero-order chi connectivity index (χ0) is 15.4. The van der Waals surface area contributed by atoms with Crippen LogP contribution in [0.5, 0.6) is 0 Å². The molecule has 3 heteroatoms. The van der Waals surface area contributed by atoms with Gasteiger partial charge in [0.05, 0.1) is 11.7 Å². The Morgan fingerprint density at radius 1 is 1.19 bits per heavy atom. The van der Waals surface area contributed by atoms with Crippen molar-refractivity contribution in [3.8, 4) is 0 Å². The minimum atomic E-state index is -0.0716. The van der Waals surface area contributed by atoms with Crippen LogP contribution in [-0.4, -0.2) is 4.98 Å². The smallest absolute Gasteiger partial charge is 0.0884 e. The molecule has 1 unspecified atom stereocenters. The van der Waals surface area contributed by atoms with Gasteiger partial charge in [0.2, 0.25) is 0 Å². The number of hydrogen-bond donors (Lipinski definition) is 2. The summed E-state index contributed by atoms with van der Waals surface area (Å²) in [6.45, 7) is 8.60. The molecule has 3 N–H and O–H groups in total. The van der Waals surface area contributed by atoms with Crippen molar-refractivity contribution >= 4 is 0 Å². The lowest BCUT2D eigenvalue weighted by molar-refractivity contribution is 0.612. The molecule has 21 heavy (non-hydrogen) atoms. The van der Waals surface area contributed by atoms with Gasteiger partial charge in [-0.15, -0.1) is 0 Å². The highest BCUT2D eigenvalue weighted by atomic mass is 15.2. The van der Waals surface area contributed by atoms with E-state index in [1.165, 1.54) is 11.1 Å². The second-order valence-corrected chi connectivity index (χ2v) is 6.16. The van der Waals surface area contributed by atoms with Gasteiger partial charge in [0.1, 0.15) is 0 Å². The average molecular weight is 283 g/mol. The molecule has 0 saturated carbocycles. The second kappa shape index (κ2) is 6.83. The average Bonchev–Trinajstić information content (AvgIpc) is 2.41. The molecule has 2 aromatic rings. The van der Waals surface area contributed by atoms with Gasteiger partial charge in [-0.3, -0.25) is 10.8 Å². The standard InChI is InChI=1S/C18H25N3/c1-12(2)8-15-6-5-7-16(10-15)18(21-19)17-14(4)9-13(3)11-20-17/h5-7,9-12,18,21H,8,19H2,1-4H3. The van der Waals surface area contributed by atoms with Crippen LogP contribution in [0.4, 0.5) is 0 Å². The predicted octanol–water partition coefficient (Wildman–Crippen LogP) is 3.45. The van der Waals surface area contributed by atoms with Crippen molar-refractivity contribution in [1.82, 2.24) is 10.4 Å². The van der Waals surface area contributed by atoms with E-state index < -0.39 is 0 Å². The van der Waals surface area contributed by atoms with Crippen molar-refractivity contribution in [1.29, 1.82) is 0 Å². The number of aryl methyl sites for hydroxylation is 2. The van der Waals surface area contributed by atoms with E-state index in [1.807, 2.05) is 6.20 Å². The van der Waals surface area contributed by atoms with Crippen LogP contribution in [-0.2, 0) is 6.42 Å². The van der Waals surface area contributed by atoms with Crippen LogP contribution in [0.2, 0.25) is 0 Å². The number of benzene rings is 1. The number of aromatic nitrogens is 1. The van der Waals surface area contributed by atoms with Gasteiger partial charge in [-0.1, -0.05) is 44.2 Å². The quantitative estimate of drug-likeness (QED) is 0.653. The highest BCUT2D eigenvalue weighted by Crippen LogP contribution is 2.24. The van der Waals surface area contributed by atoms with Crippen molar-refractivity contribution in [3.05, 3.63) is 64.5 Å². The van der Waals surface area contributed by atoms with Gasteiger partial charge in [-0.2, -0.15) is 0 Å². The van der Waals surface area contributed by atoms with Crippen LogP contribution in [0, 0.1) is 19.8 Å². The lowest BCUT2D eigenvalue weighted by Gasteiger charge is -2.19. The van der Waals surface area contributed by atoms with Gasteiger partial charge in [0, 0.05) is 6.20 Å². The van der Waals surface area contributed by atoms with Gasteiger partial charge in [0.15, 0.2) is 0 Å². The summed E-state index contributed by atoms with van der Waals surface area (Å²) in [5, 5.41) is 0. The van der Waals surface area contributed by atoms with Gasteiger partial charge in [-0.05, 0) is 48.4 Å². The SMILES string of the molecule is Cc1cnc(C(NN)c2cccc(CC(C)C)c2)c(C)c1. The van der Waals surface area contributed by atoms with Gasteiger partial charge >= 0.3 is 0 Å². The summed E-state index contributed by atoms with van der Waals surface area (Å²) in [6, 6.07) is 10.7. The molecule has 0 radical (unpaired) electrons. The Labute approximate surface area is 127 Å². The molecular weight excluding hydrogens is 258 g/mol. The van der Waals surface area contributed by atoms with E-state index in [-0.39, 0.29) is 6.04 Å². The minimum absolute atomic E-state index is 0.0716. The predicted molar refractivity (Wildman–Crippen MR) is 87.9 cm³/mol. The third-order valence-corrected chi connectivity index (χ3v) is 3.62. The summed E-state index contributed by atoms with van der Waals surface area (Å²) in [5.74, 6) is 6.45. The fourth-order valence-electron chi connectivity index (χ4n) is 2.73. The second-order valence-electron chi connectivity index (χ2n) is 6.16. The Morgan fingerprint density at radius 3 is 2.57 bits per heavy atom. The first-order valence-corrected chi connectivity index (χ1v) is 7.49. The Morgan fingerprint density at radius 2 is 1.95 bits per heavy atom. The number of pyridine rings is 1. The van der Waals surface area contributed by atoms with E-state index in [4.69, 9.17) is 5.84 Å². The van der Waals surface area contributed by atoms with E-state index in [1.54, 1.807) is 0 Å². The van der Waals surface area contributed by atoms with Crippen LogP contribution in [0.3, 0.4) is 0 Å². The molecule has 0 aliphatic rings. The summed E-state index contributed by atoms with van der Waals surface area (Å²) < 4.78 is 0. The molecule has 1 aromatic carbocycles. The maximum Gasteiger partial charge on any atom is 0.0884 e. The lowest BCUT2D eigenvalue weighted by Crippen LogP contribution is -2.30. The first kappa shape index (κ1) is 15.7. The number of hydrogen-bond acceptors (Lipinski definition) is 3. The summed E-state index contributed by atoms with van der Waals surface area (Å²) in [7, 11) is 0. The van der Waals surface area contributed by atoms with Crippen LogP contribution in [0.15, 0.2) is 36.5 Å². The van der Waals surface area contributed by atoms with Crippen molar-refractivity contribution in [2.75, 3.05) is 0 Å². The van der Waals surface area contributed by atoms with E-state index >= 15 is 0 Å². The zero-order valence-electron chi connectivity index (χ0n) is 13.4. The van der Waals surface area contributed by atoms with Crippen molar-refractivity contribution in [2.45, 2.75) is 40.2 Å². The Balaban J connectivity index is 2.37. The van der Waals surface area contributed by atoms with Crippen LogP contribution in [0.25, 0.3) is 0 Å². The highest BCUT2D eigenvalue weighted by molar-refractivity contribution is 5.35. The molecule has 0 fully saturated rings. The number of hydrazine groups is 1. The molecule has 0 bridgehead atoms. The summed E-state index contributed by atoms with van der Waals surface area (Å²) in [5.41, 5.74) is 8.73. The summed E-state index contributed by atoms with van der Waals surface area (Å²) >= 11 is 0. The third-order valence-electron chi connectivity index (χ3n) is 3.62. The molecule has 112 valence electrons. The molecular formula is C18H25N3. The fraction of sp³-hybridized carbons (Fsp3) is 0.389. The molecule has 0 aliphatic heterocycles. The van der Waals surface area contributed by atoms with Crippen LogP contribution in [0.1, 0.15) is 47.8 Å². The first-order chi connectivity index (χ1) is 10.0. The molecule has 1 aromatic heterocycles. The van der Waals surface area contributed by atoms with Crippen molar-refractivity contribution < 1.29 is 0 Å². The first-order valence-electron chi connectivity index (χ1n) is 7.49. The molecule has 1 heterocycles. The largest absolute Gasteiger partial charge is 0.271 e. The number of nitrogens with zero attached hydrogens (tertiary/aromatic N) is 1. The monoisotopic (exact) mass is 283 g/mol. The Bertz CT molecular complexity index is 605. The van der Waals surface area contributed by atoms with Crippen molar-refractivity contribution in [3.63, 3.8) is 0 Å². The van der Waals surface area contributed by atoms with Crippen LogP contribution < -0.4 is 11.3 Å². The zero-order valence-corrected chi connectivity index (χ0v) is 13.4. The molecule has 2 rings (SSSR count). The van der Waals surface area contributed by atoms with Gasteiger partial charge < -0.3 is 0 Å². The fourth-order valence-corrected chi connectivity index (χ4v) is 2.73. The van der Waals surface area contributed by atoms with E-state index in [2.05, 4.69) is 68.4 Å². The molecule has 1 atom stereocenters. The van der Waals surface area contributed by atoms with E-state index in [0.717, 1.165) is 23.2 Å². The highest BCUT2D eigenvalue weighted by Gasteiger charge is 2.16. The molecule has 3 nitrogen and oxygen atoms in total. The van der Waals surface area contributed by atoms with Crippen LogP contribution >= 0.6 is 0 Å². The maximum atomic E-state index is 5.81. The number of rotatable bonds is 5. The lowest BCUT2D eigenvalue weighted by atomic mass is 9.95. The normalized spacial score (nSPS) is 12.7. The topological polar surface area (TPSA) is 50.9 Å². The molecule has 0 amide bonds. The Kier molecular flexibility index (Phi) is 5.10. The minimum Gasteiger partial charge on any atom is -0.271 e. The van der Waals surface area contributed by atoms with E-state index in [0.29, 0.717) is 5.92 Å². The Hall–Kier alpha value is -1.71. The molecule has 0 aliphatic carbocycles. The van der Waals surface area contributed by atoms with Crippen molar-refractivity contribution in [2.24, 2.45) is 11.8 Å². The van der Waals surface area contributed by atoms with Gasteiger partial charge in [-0.25, -0.2) is 5.43 Å². The third kappa shape index (κ3) is 3.90. The van der Waals surface area contributed by atoms with Gasteiger partial charge in [0.25, 0.3) is 0 Å². The summed E-state index contributed by atoms with van der Waals surface area (Å²) in [6.07, 6.45) is 2.97. The number of nitrogens with two attached hydrogens (primary N) is 1. The summed E-state index contributed by atoms with van der Waals surface area (Å²) in [4.78, 5) is 4.57. The molecule has 0 spiro atoms. The number of nitrogens with one attached hydrogen (secondary N) is 1.